The second kappa shape index (κ2) is 6.40. The van der Waals surface area contributed by atoms with Gasteiger partial charge in [0.2, 0.25) is 0 Å². The molecule has 1 atom stereocenters. The normalized spacial score (nSPS) is 17.7. The van der Waals surface area contributed by atoms with Crippen LogP contribution >= 0.6 is 22.9 Å². The van der Waals surface area contributed by atoms with E-state index in [9.17, 15) is 9.90 Å². The van der Waals surface area contributed by atoms with Gasteiger partial charge in [0.25, 0.3) is 5.91 Å². The number of hydrogen-bond acceptors (Lipinski definition) is 4. The summed E-state index contributed by atoms with van der Waals surface area (Å²) >= 11 is 7.25. The van der Waals surface area contributed by atoms with E-state index in [2.05, 4.69) is 4.98 Å². The van der Waals surface area contributed by atoms with E-state index in [0.717, 1.165) is 12.8 Å². The Morgan fingerprint density at radius 1 is 1.50 bits per heavy atom. The molecule has 1 unspecified atom stereocenters. The zero-order valence-electron chi connectivity index (χ0n) is 12.3. The number of likely N-dealkylation sites (tertiary alicyclic amines) is 1. The van der Waals surface area contributed by atoms with E-state index in [4.69, 9.17) is 11.6 Å². The standard InChI is InChI=1S/C15H18ClN3O2S/c1-18-7-4-17-14(18)13(20)10-2-5-19(6-3-10)15(21)11-8-12(16)22-9-11/h4,7-10,13,20H,2-3,5-6H2,1H3. The minimum Gasteiger partial charge on any atom is -0.385 e. The van der Waals surface area contributed by atoms with E-state index in [-0.39, 0.29) is 11.8 Å². The molecule has 1 N–H and O–H groups in total. The number of aryl methyl sites for hydroxylation is 1. The molecule has 7 heteroatoms. The largest absolute Gasteiger partial charge is 0.385 e. The molecular formula is C15H18ClN3O2S. The Labute approximate surface area is 138 Å². The Kier molecular flexibility index (Phi) is 4.52. The van der Waals surface area contributed by atoms with Crippen molar-refractivity contribution >= 4 is 28.8 Å². The Balaban J connectivity index is 1.61. The van der Waals surface area contributed by atoms with Crippen molar-refractivity contribution in [2.24, 2.45) is 13.0 Å². The molecule has 22 heavy (non-hydrogen) atoms. The van der Waals surface area contributed by atoms with Crippen LogP contribution in [0.3, 0.4) is 0 Å². The molecule has 1 aliphatic rings. The molecule has 0 spiro atoms. The summed E-state index contributed by atoms with van der Waals surface area (Å²) in [6.45, 7) is 1.30. The molecule has 0 radical (unpaired) electrons. The Morgan fingerprint density at radius 2 is 2.23 bits per heavy atom. The van der Waals surface area contributed by atoms with Gasteiger partial charge in [0, 0.05) is 37.9 Å². The quantitative estimate of drug-likeness (QED) is 0.935. The molecule has 1 amide bonds. The number of nitrogens with zero attached hydrogens (tertiary/aromatic N) is 3. The van der Waals surface area contributed by atoms with Crippen LogP contribution in [0.25, 0.3) is 0 Å². The summed E-state index contributed by atoms with van der Waals surface area (Å²) in [5.74, 6) is 0.846. The average Bonchev–Trinajstić information content (AvgIpc) is 3.14. The smallest absolute Gasteiger partial charge is 0.254 e. The monoisotopic (exact) mass is 339 g/mol. The van der Waals surface area contributed by atoms with Crippen LogP contribution in [0.2, 0.25) is 4.34 Å². The third-order valence-electron chi connectivity index (χ3n) is 4.21. The number of carbonyl (C=O) groups excluding carboxylic acids is 1. The lowest BCUT2D eigenvalue weighted by atomic mass is 9.90. The zero-order chi connectivity index (χ0) is 15.7. The average molecular weight is 340 g/mol. The minimum atomic E-state index is -0.576. The molecule has 3 heterocycles. The van der Waals surface area contributed by atoms with Crippen LogP contribution in [-0.2, 0) is 7.05 Å². The minimum absolute atomic E-state index is 0.0214. The van der Waals surface area contributed by atoms with Gasteiger partial charge in [0.05, 0.1) is 9.90 Å². The van der Waals surface area contributed by atoms with Gasteiger partial charge in [0.1, 0.15) is 11.9 Å². The molecule has 1 saturated heterocycles. The predicted molar refractivity (Wildman–Crippen MR) is 86.1 cm³/mol. The lowest BCUT2D eigenvalue weighted by Gasteiger charge is -2.33. The number of aromatic nitrogens is 2. The van der Waals surface area contributed by atoms with E-state index in [1.165, 1.54) is 11.3 Å². The maximum atomic E-state index is 12.4. The lowest BCUT2D eigenvalue weighted by Crippen LogP contribution is -2.39. The molecule has 118 valence electrons. The number of piperidine rings is 1. The van der Waals surface area contributed by atoms with Crippen molar-refractivity contribution < 1.29 is 9.90 Å². The number of aliphatic hydroxyl groups is 1. The first kappa shape index (κ1) is 15.5. The van der Waals surface area contributed by atoms with E-state index in [1.807, 2.05) is 22.7 Å². The first-order chi connectivity index (χ1) is 10.6. The lowest BCUT2D eigenvalue weighted by molar-refractivity contribution is 0.0420. The van der Waals surface area contributed by atoms with Crippen molar-refractivity contribution in [3.8, 4) is 0 Å². The maximum absolute atomic E-state index is 12.4. The summed E-state index contributed by atoms with van der Waals surface area (Å²) in [7, 11) is 1.88. The fourth-order valence-corrected chi connectivity index (χ4v) is 3.75. The summed E-state index contributed by atoms with van der Waals surface area (Å²) in [4.78, 5) is 18.4. The van der Waals surface area contributed by atoms with Gasteiger partial charge >= 0.3 is 0 Å². The van der Waals surface area contributed by atoms with Gasteiger partial charge in [-0.2, -0.15) is 0 Å². The molecule has 2 aromatic rings. The van der Waals surface area contributed by atoms with Gasteiger partial charge in [-0.15, -0.1) is 11.3 Å². The molecule has 0 aliphatic carbocycles. The zero-order valence-corrected chi connectivity index (χ0v) is 13.8. The first-order valence-corrected chi connectivity index (χ1v) is 8.50. The van der Waals surface area contributed by atoms with Gasteiger partial charge in [-0.3, -0.25) is 4.79 Å². The van der Waals surface area contributed by atoms with Crippen molar-refractivity contribution in [2.45, 2.75) is 18.9 Å². The molecule has 1 aliphatic heterocycles. The van der Waals surface area contributed by atoms with Gasteiger partial charge in [0.15, 0.2) is 0 Å². The van der Waals surface area contributed by atoms with Crippen LogP contribution in [-0.4, -0.2) is 38.6 Å². The number of amides is 1. The van der Waals surface area contributed by atoms with Crippen LogP contribution in [0.4, 0.5) is 0 Å². The van der Waals surface area contributed by atoms with E-state index >= 15 is 0 Å². The second-order valence-corrected chi connectivity index (χ2v) is 7.15. The Bertz CT molecular complexity index is 661. The molecule has 2 aromatic heterocycles. The van der Waals surface area contributed by atoms with Gasteiger partial charge in [-0.25, -0.2) is 4.98 Å². The number of hydrogen-bond donors (Lipinski definition) is 1. The third-order valence-corrected chi connectivity index (χ3v) is 5.30. The molecule has 0 saturated carbocycles. The van der Waals surface area contributed by atoms with Gasteiger partial charge in [-0.1, -0.05) is 11.6 Å². The number of halogens is 1. The van der Waals surface area contributed by atoms with Gasteiger partial charge in [-0.05, 0) is 24.8 Å². The van der Waals surface area contributed by atoms with Crippen molar-refractivity contribution in [2.75, 3.05) is 13.1 Å². The Morgan fingerprint density at radius 3 is 2.77 bits per heavy atom. The highest BCUT2D eigenvalue weighted by Gasteiger charge is 2.30. The fraction of sp³-hybridized carbons (Fsp3) is 0.467. The SMILES string of the molecule is Cn1ccnc1C(O)C1CCN(C(=O)c2csc(Cl)c2)CC1. The summed E-state index contributed by atoms with van der Waals surface area (Å²) in [6, 6.07) is 1.71. The summed E-state index contributed by atoms with van der Waals surface area (Å²) in [5, 5.41) is 12.2. The van der Waals surface area contributed by atoms with Crippen LogP contribution in [0, 0.1) is 5.92 Å². The highest BCUT2D eigenvalue weighted by atomic mass is 35.5. The van der Waals surface area contributed by atoms with E-state index in [1.54, 1.807) is 17.6 Å². The number of imidazole rings is 1. The van der Waals surface area contributed by atoms with Crippen LogP contribution in [0.1, 0.15) is 35.1 Å². The topological polar surface area (TPSA) is 58.4 Å². The molecule has 5 nitrogen and oxygen atoms in total. The number of thiophene rings is 1. The molecule has 1 fully saturated rings. The van der Waals surface area contributed by atoms with Crippen LogP contribution in [0.15, 0.2) is 23.8 Å². The molecule has 3 rings (SSSR count). The highest BCUT2D eigenvalue weighted by Crippen LogP contribution is 2.30. The third kappa shape index (κ3) is 3.04. The van der Waals surface area contributed by atoms with E-state index < -0.39 is 6.10 Å². The van der Waals surface area contributed by atoms with Crippen molar-refractivity contribution in [1.82, 2.24) is 14.5 Å². The summed E-state index contributed by atoms with van der Waals surface area (Å²) < 4.78 is 2.47. The number of aliphatic hydroxyl groups excluding tert-OH is 1. The summed E-state index contributed by atoms with van der Waals surface area (Å²) in [5.41, 5.74) is 0.651. The Hall–Kier alpha value is -1.37. The predicted octanol–water partition coefficient (Wildman–Crippen LogP) is 2.72. The highest BCUT2D eigenvalue weighted by molar-refractivity contribution is 7.14. The van der Waals surface area contributed by atoms with Crippen molar-refractivity contribution in [3.63, 3.8) is 0 Å². The number of carbonyl (C=O) groups is 1. The van der Waals surface area contributed by atoms with Gasteiger partial charge < -0.3 is 14.6 Å². The molecule has 0 aromatic carbocycles. The summed E-state index contributed by atoms with van der Waals surface area (Å²) in [6.07, 6.45) is 4.50. The maximum Gasteiger partial charge on any atom is 0.254 e. The van der Waals surface area contributed by atoms with Crippen LogP contribution < -0.4 is 0 Å². The first-order valence-electron chi connectivity index (χ1n) is 7.25. The van der Waals surface area contributed by atoms with Crippen LogP contribution in [0.5, 0.6) is 0 Å². The van der Waals surface area contributed by atoms with Crippen molar-refractivity contribution in [3.05, 3.63) is 39.6 Å². The molecule has 0 bridgehead atoms. The number of rotatable bonds is 3. The second-order valence-electron chi connectivity index (χ2n) is 5.61. The molecular weight excluding hydrogens is 322 g/mol. The fourth-order valence-electron chi connectivity index (χ4n) is 2.90. The van der Waals surface area contributed by atoms with Crippen molar-refractivity contribution in [1.29, 1.82) is 0 Å². The van der Waals surface area contributed by atoms with E-state index in [0.29, 0.717) is 28.8 Å².